The Morgan fingerprint density at radius 2 is 1.69 bits per heavy atom. The predicted molar refractivity (Wildman–Crippen MR) is 126 cm³/mol. The molecular formula is C26H32N2O4. The van der Waals surface area contributed by atoms with Crippen LogP contribution in [0.2, 0.25) is 0 Å². The van der Waals surface area contributed by atoms with Crippen molar-refractivity contribution >= 4 is 17.4 Å². The Morgan fingerprint density at radius 1 is 1.06 bits per heavy atom. The minimum atomic E-state index is -0.659. The van der Waals surface area contributed by atoms with Gasteiger partial charge in [-0.3, -0.25) is 9.59 Å². The van der Waals surface area contributed by atoms with Gasteiger partial charge in [0.1, 0.15) is 11.5 Å². The second-order valence-electron chi connectivity index (χ2n) is 8.58. The lowest BCUT2D eigenvalue weighted by molar-refractivity contribution is -0.140. The number of likely N-dealkylation sites (tertiary alicyclic amines) is 1. The summed E-state index contributed by atoms with van der Waals surface area (Å²) < 4.78 is 5.66. The fourth-order valence-electron chi connectivity index (χ4n) is 3.82. The third kappa shape index (κ3) is 5.02. The molecule has 2 aromatic carbocycles. The van der Waals surface area contributed by atoms with E-state index >= 15 is 0 Å². The summed E-state index contributed by atoms with van der Waals surface area (Å²) in [5, 5.41) is 11.1. The quantitative estimate of drug-likeness (QED) is 0.385. The lowest BCUT2D eigenvalue weighted by atomic mass is 9.94. The Balaban J connectivity index is 2.06. The molecule has 1 amide bonds. The number of carbonyl (C=O) groups excluding carboxylic acids is 2. The highest BCUT2D eigenvalue weighted by atomic mass is 16.5. The number of likely N-dealkylation sites (N-methyl/N-ethyl adjacent to an activating group) is 1. The topological polar surface area (TPSA) is 70.1 Å². The van der Waals surface area contributed by atoms with Crippen LogP contribution >= 0.6 is 0 Å². The van der Waals surface area contributed by atoms with Crippen LogP contribution in [0.15, 0.2) is 54.1 Å². The molecule has 2 aromatic rings. The number of benzene rings is 2. The molecule has 6 nitrogen and oxygen atoms in total. The summed E-state index contributed by atoms with van der Waals surface area (Å²) in [6.07, 6.45) is 0.925. The van der Waals surface area contributed by atoms with Crippen LogP contribution < -0.4 is 4.74 Å². The van der Waals surface area contributed by atoms with Crippen LogP contribution in [0.3, 0.4) is 0 Å². The molecule has 1 heterocycles. The van der Waals surface area contributed by atoms with Crippen LogP contribution in [0.25, 0.3) is 5.76 Å². The van der Waals surface area contributed by atoms with Crippen molar-refractivity contribution < 1.29 is 19.4 Å². The minimum absolute atomic E-state index is 0.0301. The van der Waals surface area contributed by atoms with Crippen molar-refractivity contribution in [2.24, 2.45) is 0 Å². The van der Waals surface area contributed by atoms with Crippen LogP contribution in [0.5, 0.6) is 5.75 Å². The first-order chi connectivity index (χ1) is 15.2. The number of ketones is 1. The highest BCUT2D eigenvalue weighted by Crippen LogP contribution is 2.39. The molecular weight excluding hydrogens is 404 g/mol. The molecule has 6 heteroatoms. The summed E-state index contributed by atoms with van der Waals surface area (Å²) in [7, 11) is 3.84. The van der Waals surface area contributed by atoms with Gasteiger partial charge in [0.25, 0.3) is 11.7 Å². The van der Waals surface area contributed by atoms with Gasteiger partial charge in [0.2, 0.25) is 0 Å². The first-order valence-corrected chi connectivity index (χ1v) is 11.0. The lowest BCUT2D eigenvalue weighted by Gasteiger charge is -2.26. The van der Waals surface area contributed by atoms with Crippen LogP contribution in [0.4, 0.5) is 0 Å². The van der Waals surface area contributed by atoms with Crippen LogP contribution in [0, 0.1) is 0 Å². The zero-order chi connectivity index (χ0) is 23.4. The molecule has 1 saturated heterocycles. The van der Waals surface area contributed by atoms with Gasteiger partial charge < -0.3 is 19.6 Å². The number of aliphatic hydroxyl groups is 1. The zero-order valence-electron chi connectivity index (χ0n) is 19.5. The van der Waals surface area contributed by atoms with Crippen molar-refractivity contribution in [3.8, 4) is 5.75 Å². The summed E-state index contributed by atoms with van der Waals surface area (Å²) >= 11 is 0. The molecule has 0 spiro atoms. The van der Waals surface area contributed by atoms with Crippen molar-refractivity contribution in [2.75, 3.05) is 27.2 Å². The Kier molecular flexibility index (Phi) is 7.36. The van der Waals surface area contributed by atoms with Gasteiger partial charge in [0.15, 0.2) is 0 Å². The Labute approximate surface area is 190 Å². The highest BCUT2D eigenvalue weighted by molar-refractivity contribution is 6.46. The summed E-state index contributed by atoms with van der Waals surface area (Å²) in [5.74, 6) is -0.739. The van der Waals surface area contributed by atoms with E-state index in [1.54, 1.807) is 29.2 Å². The number of aryl methyl sites for hydroxylation is 1. The van der Waals surface area contributed by atoms with Gasteiger partial charge in [-0.2, -0.15) is 0 Å². The van der Waals surface area contributed by atoms with Gasteiger partial charge in [-0.1, -0.05) is 31.2 Å². The van der Waals surface area contributed by atoms with Gasteiger partial charge in [0.05, 0.1) is 17.7 Å². The summed E-state index contributed by atoms with van der Waals surface area (Å²) in [6.45, 7) is 6.94. The maximum Gasteiger partial charge on any atom is 0.295 e. The number of hydrogen-bond acceptors (Lipinski definition) is 5. The van der Waals surface area contributed by atoms with Crippen LogP contribution in [-0.2, 0) is 16.0 Å². The maximum absolute atomic E-state index is 13.0. The number of aliphatic hydroxyl groups excluding tert-OH is 1. The Bertz CT molecular complexity index is 991. The molecule has 1 aliphatic heterocycles. The van der Waals surface area contributed by atoms with Gasteiger partial charge in [0, 0.05) is 18.7 Å². The average molecular weight is 437 g/mol. The molecule has 1 atom stereocenters. The van der Waals surface area contributed by atoms with E-state index in [1.165, 1.54) is 5.56 Å². The number of Topliss-reactive ketones (excluding diaryl/α,β-unsaturated/α-hetero) is 1. The van der Waals surface area contributed by atoms with E-state index in [-0.39, 0.29) is 17.4 Å². The van der Waals surface area contributed by atoms with E-state index in [0.717, 1.165) is 12.0 Å². The van der Waals surface area contributed by atoms with E-state index in [1.807, 2.05) is 57.1 Å². The molecule has 1 aliphatic rings. The second-order valence-corrected chi connectivity index (χ2v) is 8.58. The zero-order valence-corrected chi connectivity index (χ0v) is 19.5. The number of amides is 1. The van der Waals surface area contributed by atoms with Crippen LogP contribution in [0.1, 0.15) is 43.5 Å². The van der Waals surface area contributed by atoms with E-state index in [0.29, 0.717) is 24.4 Å². The van der Waals surface area contributed by atoms with Gasteiger partial charge in [-0.25, -0.2) is 0 Å². The molecule has 1 fully saturated rings. The molecule has 170 valence electrons. The van der Waals surface area contributed by atoms with Crippen molar-refractivity contribution in [1.82, 2.24) is 9.80 Å². The van der Waals surface area contributed by atoms with Crippen molar-refractivity contribution in [3.05, 3.63) is 70.8 Å². The summed E-state index contributed by atoms with van der Waals surface area (Å²) in [5.41, 5.74) is 2.57. The largest absolute Gasteiger partial charge is 0.507 e. The second kappa shape index (κ2) is 10.0. The predicted octanol–water partition coefficient (Wildman–Crippen LogP) is 4.02. The fourth-order valence-corrected chi connectivity index (χ4v) is 3.82. The maximum atomic E-state index is 13.0. The molecule has 3 rings (SSSR count). The van der Waals surface area contributed by atoms with Gasteiger partial charge in [-0.15, -0.1) is 0 Å². The molecule has 0 aromatic heterocycles. The third-order valence-electron chi connectivity index (χ3n) is 5.53. The van der Waals surface area contributed by atoms with Crippen LogP contribution in [-0.4, -0.2) is 59.9 Å². The van der Waals surface area contributed by atoms with Gasteiger partial charge >= 0.3 is 0 Å². The summed E-state index contributed by atoms with van der Waals surface area (Å²) in [6, 6.07) is 14.2. The molecule has 0 aliphatic carbocycles. The molecule has 32 heavy (non-hydrogen) atoms. The van der Waals surface area contributed by atoms with Crippen molar-refractivity contribution in [2.45, 2.75) is 39.3 Å². The first-order valence-electron chi connectivity index (χ1n) is 11.0. The molecule has 0 saturated carbocycles. The normalized spacial score (nSPS) is 18.1. The molecule has 1 unspecified atom stereocenters. The highest BCUT2D eigenvalue weighted by Gasteiger charge is 2.45. The number of nitrogens with zero attached hydrogens (tertiary/aromatic N) is 2. The number of hydrogen-bond donors (Lipinski definition) is 1. The fraction of sp³-hybridized carbons (Fsp3) is 0.385. The van der Waals surface area contributed by atoms with Crippen molar-refractivity contribution in [3.63, 3.8) is 0 Å². The molecule has 0 radical (unpaired) electrons. The Morgan fingerprint density at radius 3 is 2.22 bits per heavy atom. The standard InChI is InChI=1S/C26H32N2O4/c1-6-18-7-9-19(10-8-18)23-22(25(30)26(31)28(23)16-15-27(4)5)24(29)20-11-13-21(14-12-20)32-17(2)3/h7-14,17,23,29H,6,15-16H2,1-5H3/b24-22-. The van der Waals surface area contributed by atoms with Gasteiger partial charge in [-0.05, 0) is 69.8 Å². The smallest absolute Gasteiger partial charge is 0.295 e. The van der Waals surface area contributed by atoms with E-state index in [2.05, 4.69) is 6.92 Å². The number of rotatable bonds is 8. The molecule has 1 N–H and O–H groups in total. The monoisotopic (exact) mass is 436 g/mol. The third-order valence-corrected chi connectivity index (χ3v) is 5.53. The number of carbonyl (C=O) groups is 2. The minimum Gasteiger partial charge on any atom is -0.507 e. The van der Waals surface area contributed by atoms with E-state index < -0.39 is 17.7 Å². The van der Waals surface area contributed by atoms with E-state index in [9.17, 15) is 14.7 Å². The Hall–Kier alpha value is -3.12. The molecule has 0 bridgehead atoms. The average Bonchev–Trinajstić information content (AvgIpc) is 3.02. The van der Waals surface area contributed by atoms with Crippen molar-refractivity contribution in [1.29, 1.82) is 0 Å². The van der Waals surface area contributed by atoms with E-state index in [4.69, 9.17) is 4.74 Å². The number of ether oxygens (including phenoxy) is 1. The first kappa shape index (κ1) is 23.5. The lowest BCUT2D eigenvalue weighted by Crippen LogP contribution is -2.35. The SMILES string of the molecule is CCc1ccc(C2/C(=C(/O)c3ccc(OC(C)C)cc3)C(=O)C(=O)N2CCN(C)C)cc1. The summed E-state index contributed by atoms with van der Waals surface area (Å²) in [4.78, 5) is 29.5.